The summed E-state index contributed by atoms with van der Waals surface area (Å²) in [5.41, 5.74) is 3.84. The summed E-state index contributed by atoms with van der Waals surface area (Å²) in [5, 5.41) is 11.4. The Morgan fingerprint density at radius 3 is 2.55 bits per heavy atom. The number of hydrogen-bond donors (Lipinski definition) is 2. The molecule has 2 rings (SSSR count). The second-order valence-electron chi connectivity index (χ2n) is 4.52. The average molecular weight is 271 g/mol. The lowest BCUT2D eigenvalue weighted by Crippen LogP contribution is -2.14. The Labute approximate surface area is 117 Å². The van der Waals surface area contributed by atoms with Crippen LogP contribution in [0.4, 0.5) is 5.95 Å². The number of benzene rings is 1. The quantitative estimate of drug-likeness (QED) is 0.874. The molecule has 0 bridgehead atoms. The van der Waals surface area contributed by atoms with E-state index < -0.39 is 5.97 Å². The van der Waals surface area contributed by atoms with Crippen molar-refractivity contribution in [1.82, 2.24) is 9.97 Å². The zero-order chi connectivity index (χ0) is 14.5. The van der Waals surface area contributed by atoms with Crippen LogP contribution >= 0.6 is 0 Å². The second kappa shape index (κ2) is 6.14. The number of rotatable bonds is 5. The second-order valence-corrected chi connectivity index (χ2v) is 4.52. The molecule has 0 unspecified atom stereocenters. The first-order valence-corrected chi connectivity index (χ1v) is 6.49. The molecule has 2 aromatic rings. The molecular formula is C15H17N3O2. The number of aromatic nitrogens is 2. The standard InChI is InChI=1S/C15H17N3O2/c1-3-11-4-6-12(7-5-11)13-8-10(2)17-15(18-13)16-9-14(19)20/h4-8H,3,9H2,1-2H3,(H,19,20)(H,16,17,18). The first-order valence-electron chi connectivity index (χ1n) is 6.49. The predicted octanol–water partition coefficient (Wildman–Crippen LogP) is 2.51. The fourth-order valence-electron chi connectivity index (χ4n) is 1.86. The molecule has 0 spiro atoms. The molecule has 0 atom stereocenters. The highest BCUT2D eigenvalue weighted by molar-refractivity contribution is 5.72. The molecule has 0 saturated heterocycles. The summed E-state index contributed by atoms with van der Waals surface area (Å²) in [5.74, 6) is -0.606. The van der Waals surface area contributed by atoms with Crippen LogP contribution < -0.4 is 5.32 Å². The van der Waals surface area contributed by atoms with Crippen LogP contribution in [0.2, 0.25) is 0 Å². The molecule has 0 aliphatic carbocycles. The van der Waals surface area contributed by atoms with Gasteiger partial charge in [-0.2, -0.15) is 0 Å². The van der Waals surface area contributed by atoms with E-state index in [9.17, 15) is 4.79 Å². The lowest BCUT2D eigenvalue weighted by atomic mass is 10.1. The van der Waals surface area contributed by atoms with Crippen LogP contribution in [-0.4, -0.2) is 27.6 Å². The third-order valence-electron chi connectivity index (χ3n) is 2.91. The van der Waals surface area contributed by atoms with E-state index in [1.807, 2.05) is 25.1 Å². The fourth-order valence-corrected chi connectivity index (χ4v) is 1.86. The summed E-state index contributed by atoms with van der Waals surface area (Å²) >= 11 is 0. The van der Waals surface area contributed by atoms with Gasteiger partial charge in [0, 0.05) is 11.3 Å². The number of hydrogen-bond acceptors (Lipinski definition) is 4. The van der Waals surface area contributed by atoms with Crippen molar-refractivity contribution < 1.29 is 9.90 Å². The average Bonchev–Trinajstić information content (AvgIpc) is 2.44. The molecule has 0 saturated carbocycles. The van der Waals surface area contributed by atoms with E-state index in [1.165, 1.54) is 5.56 Å². The lowest BCUT2D eigenvalue weighted by molar-refractivity contribution is -0.134. The smallest absolute Gasteiger partial charge is 0.322 e. The molecule has 0 radical (unpaired) electrons. The highest BCUT2D eigenvalue weighted by Crippen LogP contribution is 2.20. The maximum atomic E-state index is 10.6. The third kappa shape index (κ3) is 3.54. The molecule has 0 aliphatic heterocycles. The van der Waals surface area contributed by atoms with Crippen LogP contribution in [0.25, 0.3) is 11.3 Å². The number of carboxylic acid groups (broad SMARTS) is 1. The first kappa shape index (κ1) is 14.0. The Morgan fingerprint density at radius 2 is 1.95 bits per heavy atom. The number of nitrogens with one attached hydrogen (secondary N) is 1. The summed E-state index contributed by atoms with van der Waals surface area (Å²) < 4.78 is 0. The molecule has 20 heavy (non-hydrogen) atoms. The van der Waals surface area contributed by atoms with E-state index in [-0.39, 0.29) is 6.54 Å². The van der Waals surface area contributed by atoms with Crippen LogP contribution in [-0.2, 0) is 11.2 Å². The summed E-state index contributed by atoms with van der Waals surface area (Å²) in [7, 11) is 0. The number of anilines is 1. The van der Waals surface area contributed by atoms with Crippen molar-refractivity contribution in [3.05, 3.63) is 41.6 Å². The van der Waals surface area contributed by atoms with Crippen molar-refractivity contribution in [3.63, 3.8) is 0 Å². The van der Waals surface area contributed by atoms with E-state index in [1.54, 1.807) is 0 Å². The van der Waals surface area contributed by atoms with E-state index in [4.69, 9.17) is 5.11 Å². The monoisotopic (exact) mass is 271 g/mol. The summed E-state index contributed by atoms with van der Waals surface area (Å²) in [6.07, 6.45) is 0.995. The SMILES string of the molecule is CCc1ccc(-c2cc(C)nc(NCC(=O)O)n2)cc1. The van der Waals surface area contributed by atoms with Gasteiger partial charge in [-0.05, 0) is 25.0 Å². The Morgan fingerprint density at radius 1 is 1.25 bits per heavy atom. The molecule has 0 fully saturated rings. The Hall–Kier alpha value is -2.43. The van der Waals surface area contributed by atoms with E-state index in [2.05, 4.69) is 34.3 Å². The molecule has 1 heterocycles. The zero-order valence-electron chi connectivity index (χ0n) is 11.6. The molecule has 1 aromatic heterocycles. The first-order chi connectivity index (χ1) is 9.58. The minimum Gasteiger partial charge on any atom is -0.480 e. The van der Waals surface area contributed by atoms with Gasteiger partial charge >= 0.3 is 5.97 Å². The van der Waals surface area contributed by atoms with Gasteiger partial charge in [0.15, 0.2) is 0 Å². The predicted molar refractivity (Wildman–Crippen MR) is 77.7 cm³/mol. The van der Waals surface area contributed by atoms with Crippen LogP contribution in [0.5, 0.6) is 0 Å². The zero-order valence-corrected chi connectivity index (χ0v) is 11.6. The number of aliphatic carboxylic acids is 1. The van der Waals surface area contributed by atoms with Gasteiger partial charge in [0.1, 0.15) is 6.54 Å². The van der Waals surface area contributed by atoms with E-state index in [0.717, 1.165) is 23.4 Å². The van der Waals surface area contributed by atoms with Gasteiger partial charge in [-0.1, -0.05) is 31.2 Å². The van der Waals surface area contributed by atoms with E-state index >= 15 is 0 Å². The Bertz CT molecular complexity index is 609. The largest absolute Gasteiger partial charge is 0.480 e. The minimum absolute atomic E-state index is 0.197. The van der Waals surface area contributed by atoms with Crippen molar-refractivity contribution in [3.8, 4) is 11.3 Å². The molecule has 1 aromatic carbocycles. The summed E-state index contributed by atoms with van der Waals surface area (Å²) in [6.45, 7) is 3.77. The molecular weight excluding hydrogens is 254 g/mol. The molecule has 5 heteroatoms. The van der Waals surface area contributed by atoms with Gasteiger partial charge in [-0.25, -0.2) is 9.97 Å². The van der Waals surface area contributed by atoms with Crippen molar-refractivity contribution in [2.75, 3.05) is 11.9 Å². The van der Waals surface area contributed by atoms with Crippen molar-refractivity contribution >= 4 is 11.9 Å². The van der Waals surface area contributed by atoms with Crippen molar-refractivity contribution in [2.24, 2.45) is 0 Å². The number of carbonyl (C=O) groups is 1. The van der Waals surface area contributed by atoms with Crippen LogP contribution in [0, 0.1) is 6.92 Å². The molecule has 2 N–H and O–H groups in total. The maximum absolute atomic E-state index is 10.6. The third-order valence-corrected chi connectivity index (χ3v) is 2.91. The molecule has 104 valence electrons. The van der Waals surface area contributed by atoms with Gasteiger partial charge in [0.05, 0.1) is 5.69 Å². The maximum Gasteiger partial charge on any atom is 0.322 e. The number of nitrogens with zero attached hydrogens (tertiary/aromatic N) is 2. The van der Waals surface area contributed by atoms with Gasteiger partial charge in [0.25, 0.3) is 0 Å². The van der Waals surface area contributed by atoms with Gasteiger partial charge in [-0.15, -0.1) is 0 Å². The Balaban J connectivity index is 2.28. The fraction of sp³-hybridized carbons (Fsp3) is 0.267. The normalized spacial score (nSPS) is 10.3. The Kier molecular flexibility index (Phi) is 4.30. The minimum atomic E-state index is -0.941. The van der Waals surface area contributed by atoms with E-state index in [0.29, 0.717) is 5.95 Å². The molecule has 0 aliphatic rings. The van der Waals surface area contributed by atoms with Crippen LogP contribution in [0.3, 0.4) is 0 Å². The lowest BCUT2D eigenvalue weighted by Gasteiger charge is -2.07. The summed E-state index contributed by atoms with van der Waals surface area (Å²) in [6, 6.07) is 10.0. The van der Waals surface area contributed by atoms with Crippen molar-refractivity contribution in [2.45, 2.75) is 20.3 Å². The number of carboxylic acids is 1. The summed E-state index contributed by atoms with van der Waals surface area (Å²) in [4.78, 5) is 19.1. The van der Waals surface area contributed by atoms with Crippen molar-refractivity contribution in [1.29, 1.82) is 0 Å². The topological polar surface area (TPSA) is 75.1 Å². The van der Waals surface area contributed by atoms with Gasteiger partial charge in [-0.3, -0.25) is 4.79 Å². The van der Waals surface area contributed by atoms with Crippen LogP contribution in [0.1, 0.15) is 18.2 Å². The molecule has 0 amide bonds. The highest BCUT2D eigenvalue weighted by Gasteiger charge is 2.06. The highest BCUT2D eigenvalue weighted by atomic mass is 16.4. The number of aryl methyl sites for hydroxylation is 2. The molecule has 5 nitrogen and oxygen atoms in total. The van der Waals surface area contributed by atoms with Gasteiger partial charge < -0.3 is 10.4 Å². The van der Waals surface area contributed by atoms with Gasteiger partial charge in [0.2, 0.25) is 5.95 Å². The van der Waals surface area contributed by atoms with Crippen LogP contribution in [0.15, 0.2) is 30.3 Å².